The molecule has 0 unspecified atom stereocenters. The van der Waals surface area contributed by atoms with Crippen molar-refractivity contribution in [3.63, 3.8) is 0 Å². The lowest BCUT2D eigenvalue weighted by Gasteiger charge is -2.19. The monoisotopic (exact) mass is 510 g/mol. The number of furan rings is 1. The summed E-state index contributed by atoms with van der Waals surface area (Å²) < 4.78 is 13.1. The van der Waals surface area contributed by atoms with Crippen LogP contribution in [0.15, 0.2) is 47.5 Å². The van der Waals surface area contributed by atoms with Gasteiger partial charge in [0, 0.05) is 37.2 Å². The van der Waals surface area contributed by atoms with Gasteiger partial charge in [0.2, 0.25) is 5.71 Å². The Hall–Kier alpha value is -4.35. The summed E-state index contributed by atoms with van der Waals surface area (Å²) in [4.78, 5) is 33.7. The second-order valence-corrected chi connectivity index (χ2v) is 9.92. The number of amides is 1. The van der Waals surface area contributed by atoms with Crippen LogP contribution in [0.2, 0.25) is 0 Å². The normalized spacial score (nSPS) is 17.0. The van der Waals surface area contributed by atoms with Crippen LogP contribution >= 0.6 is 0 Å². The van der Waals surface area contributed by atoms with Gasteiger partial charge in [0.1, 0.15) is 11.3 Å². The van der Waals surface area contributed by atoms with E-state index < -0.39 is 0 Å². The largest absolute Gasteiger partial charge is 0.445 e. The minimum atomic E-state index is -0.150. The minimum absolute atomic E-state index is 0.150. The number of imidazole rings is 1. The molecule has 0 spiro atoms. The predicted molar refractivity (Wildman–Crippen MR) is 140 cm³/mol. The van der Waals surface area contributed by atoms with Crippen LogP contribution in [-0.4, -0.2) is 62.5 Å². The Bertz CT molecular complexity index is 1700. The van der Waals surface area contributed by atoms with Crippen LogP contribution in [0.5, 0.6) is 0 Å². The standard InChI is InChI=1S/C27H26N8O3/c1-34(2)13-19-16(15-5-7-37-14-15)3-4-22(33-19)32-18-10-29-25(17-9-30-26(36)24(17)18)21-11-28-23-12-31-27-20(35(21)23)6-8-38-27/h3-4,6,8,10-12,15H,5,7,9,13-14H2,1-2H3,(H,30,36)(H,32,33)/t15-/m0/s1. The summed E-state index contributed by atoms with van der Waals surface area (Å²) in [6, 6.07) is 5.93. The van der Waals surface area contributed by atoms with E-state index in [1.807, 2.05) is 30.6 Å². The van der Waals surface area contributed by atoms with Gasteiger partial charge in [-0.2, -0.15) is 0 Å². The Balaban J connectivity index is 1.29. The molecule has 1 fully saturated rings. The van der Waals surface area contributed by atoms with Crippen molar-refractivity contribution in [1.29, 1.82) is 0 Å². The van der Waals surface area contributed by atoms with E-state index in [4.69, 9.17) is 19.1 Å². The molecule has 2 N–H and O–H groups in total. The molecule has 1 atom stereocenters. The number of fused-ring (bicyclic) bond motifs is 4. The van der Waals surface area contributed by atoms with E-state index in [1.165, 1.54) is 5.56 Å². The van der Waals surface area contributed by atoms with Gasteiger partial charge in [-0.1, -0.05) is 6.07 Å². The maximum atomic E-state index is 13.0. The third kappa shape index (κ3) is 3.70. The van der Waals surface area contributed by atoms with Crippen molar-refractivity contribution in [2.24, 2.45) is 0 Å². The van der Waals surface area contributed by atoms with Gasteiger partial charge in [-0.3, -0.25) is 14.2 Å². The number of aromatic nitrogens is 5. The van der Waals surface area contributed by atoms with Crippen LogP contribution in [-0.2, 0) is 17.8 Å². The Kier molecular flexibility index (Phi) is 5.34. The van der Waals surface area contributed by atoms with Crippen molar-refractivity contribution in [3.05, 3.63) is 65.4 Å². The predicted octanol–water partition coefficient (Wildman–Crippen LogP) is 3.49. The van der Waals surface area contributed by atoms with E-state index >= 15 is 0 Å². The third-order valence-electron chi connectivity index (χ3n) is 7.13. The van der Waals surface area contributed by atoms with E-state index in [2.05, 4.69) is 31.6 Å². The van der Waals surface area contributed by atoms with Gasteiger partial charge in [-0.15, -0.1) is 0 Å². The highest BCUT2D eigenvalue weighted by atomic mass is 16.5. The molecule has 192 valence electrons. The zero-order chi connectivity index (χ0) is 25.8. The molecule has 5 aromatic rings. The van der Waals surface area contributed by atoms with E-state index in [-0.39, 0.29) is 5.91 Å². The number of ether oxygens (including phenoxy) is 1. The maximum absolute atomic E-state index is 13.0. The van der Waals surface area contributed by atoms with E-state index in [0.717, 1.165) is 42.1 Å². The first kappa shape index (κ1) is 22.8. The fourth-order valence-corrected chi connectivity index (χ4v) is 5.41. The molecule has 0 bridgehead atoms. The number of anilines is 2. The van der Waals surface area contributed by atoms with E-state index in [9.17, 15) is 4.79 Å². The number of rotatable bonds is 6. The molecule has 5 aromatic heterocycles. The lowest BCUT2D eigenvalue weighted by atomic mass is 9.96. The van der Waals surface area contributed by atoms with Crippen LogP contribution in [0.25, 0.3) is 28.3 Å². The molecule has 2 aliphatic rings. The molecule has 7 heterocycles. The first-order chi connectivity index (χ1) is 18.6. The summed E-state index contributed by atoms with van der Waals surface area (Å²) in [6.45, 7) is 2.58. The number of hydrogen-bond acceptors (Lipinski definition) is 9. The van der Waals surface area contributed by atoms with Crippen LogP contribution in [0.3, 0.4) is 0 Å². The summed E-state index contributed by atoms with van der Waals surface area (Å²) in [7, 11) is 4.06. The Morgan fingerprint density at radius 2 is 2.08 bits per heavy atom. The zero-order valence-electron chi connectivity index (χ0n) is 21.1. The molecule has 0 saturated carbocycles. The Morgan fingerprint density at radius 1 is 1.16 bits per heavy atom. The van der Waals surface area contributed by atoms with Crippen molar-refractivity contribution in [1.82, 2.24) is 34.6 Å². The number of nitrogens with one attached hydrogen (secondary N) is 2. The molecule has 11 heteroatoms. The van der Waals surface area contributed by atoms with Crippen molar-refractivity contribution in [2.75, 3.05) is 32.6 Å². The number of pyridine rings is 2. The van der Waals surface area contributed by atoms with Crippen molar-refractivity contribution in [3.8, 4) is 11.4 Å². The van der Waals surface area contributed by atoms with Crippen LogP contribution in [0.4, 0.5) is 11.5 Å². The first-order valence-electron chi connectivity index (χ1n) is 12.6. The van der Waals surface area contributed by atoms with E-state index in [0.29, 0.717) is 53.1 Å². The summed E-state index contributed by atoms with van der Waals surface area (Å²) in [5, 5.41) is 6.33. The van der Waals surface area contributed by atoms with Gasteiger partial charge in [0.15, 0.2) is 5.65 Å². The molecular formula is C27H26N8O3. The Labute approximate surface area is 217 Å². The van der Waals surface area contributed by atoms with Crippen molar-refractivity contribution < 1.29 is 13.9 Å². The summed E-state index contributed by atoms with van der Waals surface area (Å²) in [5.74, 6) is 0.870. The van der Waals surface area contributed by atoms with Crippen molar-refractivity contribution in [2.45, 2.75) is 25.4 Å². The van der Waals surface area contributed by atoms with Gasteiger partial charge in [0.05, 0.1) is 59.8 Å². The number of carbonyl (C=O) groups excluding carboxylic acids is 1. The lowest BCUT2D eigenvalue weighted by molar-refractivity contribution is 0.0966. The number of hydrogen-bond donors (Lipinski definition) is 2. The summed E-state index contributed by atoms with van der Waals surface area (Å²) in [5.41, 5.74) is 7.62. The highest BCUT2D eigenvalue weighted by molar-refractivity contribution is 6.05. The second kappa shape index (κ2) is 8.89. The number of carbonyl (C=O) groups is 1. The van der Waals surface area contributed by atoms with Crippen molar-refractivity contribution >= 4 is 34.3 Å². The number of nitrogens with zero attached hydrogens (tertiary/aromatic N) is 6. The molecule has 38 heavy (non-hydrogen) atoms. The lowest BCUT2D eigenvalue weighted by Crippen LogP contribution is -2.16. The maximum Gasteiger partial charge on any atom is 0.254 e. The van der Waals surface area contributed by atoms with Crippen LogP contribution in [0, 0.1) is 0 Å². The van der Waals surface area contributed by atoms with Gasteiger partial charge in [-0.05, 0) is 32.1 Å². The quantitative estimate of drug-likeness (QED) is 0.353. The van der Waals surface area contributed by atoms with Gasteiger partial charge < -0.3 is 24.7 Å². The van der Waals surface area contributed by atoms with Crippen LogP contribution in [0.1, 0.15) is 39.5 Å². The fourth-order valence-electron chi connectivity index (χ4n) is 5.41. The topological polar surface area (TPSA) is 123 Å². The zero-order valence-corrected chi connectivity index (χ0v) is 21.1. The Morgan fingerprint density at radius 3 is 2.92 bits per heavy atom. The molecule has 1 saturated heterocycles. The fraction of sp³-hybridized carbons (Fsp3) is 0.296. The third-order valence-corrected chi connectivity index (χ3v) is 7.13. The van der Waals surface area contributed by atoms with Gasteiger partial charge >= 0.3 is 0 Å². The van der Waals surface area contributed by atoms with Crippen LogP contribution < -0.4 is 10.6 Å². The van der Waals surface area contributed by atoms with Gasteiger partial charge in [-0.25, -0.2) is 15.0 Å². The average Bonchev–Trinajstić information content (AvgIpc) is 3.70. The molecule has 0 radical (unpaired) electrons. The first-order valence-corrected chi connectivity index (χ1v) is 12.6. The highest BCUT2D eigenvalue weighted by Gasteiger charge is 2.29. The second-order valence-electron chi connectivity index (χ2n) is 9.92. The average molecular weight is 511 g/mol. The minimum Gasteiger partial charge on any atom is -0.445 e. The molecule has 0 aromatic carbocycles. The highest BCUT2D eigenvalue weighted by Crippen LogP contribution is 2.35. The molecule has 1 amide bonds. The molecule has 11 nitrogen and oxygen atoms in total. The molecular weight excluding hydrogens is 484 g/mol. The smallest absolute Gasteiger partial charge is 0.254 e. The molecule has 2 aliphatic heterocycles. The molecule has 0 aliphatic carbocycles. The molecule has 7 rings (SSSR count). The van der Waals surface area contributed by atoms with Gasteiger partial charge in [0.25, 0.3) is 5.91 Å². The summed E-state index contributed by atoms with van der Waals surface area (Å²) >= 11 is 0. The van der Waals surface area contributed by atoms with E-state index in [1.54, 1.807) is 24.9 Å². The summed E-state index contributed by atoms with van der Waals surface area (Å²) in [6.07, 6.45) is 7.70. The SMILES string of the molecule is CN(C)Cc1nc(Nc2cnc(-c3cnc4cnc5occc5n34)c3c2C(=O)NC3)ccc1[C@H]1CCOC1.